The molecule has 40 heavy (non-hydrogen) atoms. The van der Waals surface area contributed by atoms with E-state index in [1.54, 1.807) is 45.3 Å². The molecule has 0 radical (unpaired) electrons. The van der Waals surface area contributed by atoms with Crippen LogP contribution >= 0.6 is 45.3 Å². The number of aromatic nitrogens is 2. The normalized spacial score (nSPS) is 10.3. The van der Waals surface area contributed by atoms with Crippen LogP contribution in [0.15, 0.2) is 72.8 Å². The number of thiophene rings is 4. The van der Waals surface area contributed by atoms with Gasteiger partial charge in [0.1, 0.15) is 0 Å². The molecular weight excluding hydrogens is 544 g/mol. The Balaban J connectivity index is 0.00000140. The fraction of sp³-hybridized carbons (Fsp3) is 0.200. The Labute approximate surface area is 301 Å². The molecule has 182 valence electrons. The Kier molecular flexibility index (Phi) is 16.0. The van der Waals surface area contributed by atoms with Crippen molar-refractivity contribution in [2.45, 2.75) is 38.8 Å². The van der Waals surface area contributed by atoms with E-state index in [1.807, 2.05) is 24.3 Å². The molecule has 0 unspecified atom stereocenters. The van der Waals surface area contributed by atoms with Gasteiger partial charge in [0.15, 0.2) is 0 Å². The molecular formula is C30H24Li4N2S4. The minimum atomic E-state index is 0. The second kappa shape index (κ2) is 17.8. The molecule has 0 amide bonds. The Morgan fingerprint density at radius 3 is 0.900 bits per heavy atom. The smallest absolute Gasteiger partial charge is 0.363 e. The predicted molar refractivity (Wildman–Crippen MR) is 156 cm³/mol. The molecule has 2 nitrogen and oxygen atoms in total. The van der Waals surface area contributed by atoms with Gasteiger partial charge in [-0.1, -0.05) is 12.8 Å². The van der Waals surface area contributed by atoms with Gasteiger partial charge in [-0.05, 0) is 59.9 Å². The van der Waals surface area contributed by atoms with Crippen molar-refractivity contribution in [3.63, 3.8) is 0 Å². The molecule has 0 aliphatic rings. The van der Waals surface area contributed by atoms with E-state index in [0.29, 0.717) is 0 Å². The standard InChI is InChI=1S/C30H24N2S4.4Li/c1(3-17-31-23(27-9-5-19-33-27)13-14-24(31)28-10-6-20-34-28)2-4-18-32-25(29-11-7-21-35-29)15-16-26(32)30-12-8-22-36-30;;;;/h5-16H,1-4,17-18H2;;;;/q-4;4*+1. The topological polar surface area (TPSA) is 9.86 Å². The summed E-state index contributed by atoms with van der Waals surface area (Å²) in [6.07, 6.45) is 4.78. The van der Waals surface area contributed by atoms with Crippen LogP contribution in [0.1, 0.15) is 25.7 Å². The summed E-state index contributed by atoms with van der Waals surface area (Å²) in [6, 6.07) is 25.8. The van der Waals surface area contributed by atoms with Crippen molar-refractivity contribution < 1.29 is 75.4 Å². The zero-order valence-corrected chi connectivity index (χ0v) is 27.0. The molecule has 0 fully saturated rings. The van der Waals surface area contributed by atoms with Gasteiger partial charge in [0, 0.05) is 13.1 Å². The summed E-state index contributed by atoms with van der Waals surface area (Å²) < 4.78 is 4.98. The van der Waals surface area contributed by atoms with E-state index in [1.165, 1.54) is 68.0 Å². The molecule has 0 saturated heterocycles. The minimum absolute atomic E-state index is 0. The van der Waals surface area contributed by atoms with E-state index in [9.17, 15) is 0 Å². The van der Waals surface area contributed by atoms with E-state index >= 15 is 0 Å². The van der Waals surface area contributed by atoms with Gasteiger partial charge in [-0.15, -0.1) is 41.0 Å². The molecule has 0 aromatic carbocycles. The average Bonchev–Trinajstić information content (AvgIpc) is 3.73. The molecule has 0 atom stereocenters. The fourth-order valence-corrected chi connectivity index (χ4v) is 7.41. The van der Waals surface area contributed by atoms with Crippen LogP contribution in [-0.2, 0) is 13.1 Å². The minimum Gasteiger partial charge on any atom is -0.363 e. The van der Waals surface area contributed by atoms with Gasteiger partial charge in [0.25, 0.3) is 0 Å². The van der Waals surface area contributed by atoms with E-state index in [-0.39, 0.29) is 75.4 Å². The molecule has 6 aromatic rings. The molecule has 0 N–H and O–H groups in total. The summed E-state index contributed by atoms with van der Waals surface area (Å²) in [5, 5.41) is 13.0. The van der Waals surface area contributed by atoms with Crippen molar-refractivity contribution >= 4 is 45.3 Å². The third kappa shape index (κ3) is 8.22. The first-order chi connectivity index (χ1) is 17.9. The summed E-state index contributed by atoms with van der Waals surface area (Å²) in [6.45, 7) is 2.06. The second-order valence-corrected chi connectivity index (χ2v) is 12.1. The van der Waals surface area contributed by atoms with Gasteiger partial charge in [0.05, 0.1) is 0 Å². The molecule has 6 heterocycles. The predicted octanol–water partition coefficient (Wildman–Crippen LogP) is -2.32. The zero-order valence-electron chi connectivity index (χ0n) is 23.7. The van der Waals surface area contributed by atoms with Crippen LogP contribution in [0.25, 0.3) is 42.3 Å². The van der Waals surface area contributed by atoms with Crippen LogP contribution in [-0.4, -0.2) is 9.13 Å². The number of rotatable bonds is 11. The van der Waals surface area contributed by atoms with Crippen LogP contribution < -0.4 is 75.4 Å². The average molecular weight is 569 g/mol. The van der Waals surface area contributed by atoms with Crippen molar-refractivity contribution in [3.8, 4) is 42.3 Å². The first kappa shape index (κ1) is 35.9. The van der Waals surface area contributed by atoms with Gasteiger partial charge < -0.3 is 9.13 Å². The quantitative estimate of drug-likeness (QED) is 0.0945. The summed E-state index contributed by atoms with van der Waals surface area (Å²) in [7, 11) is 0. The Morgan fingerprint density at radius 1 is 0.400 bits per heavy atom. The molecule has 6 rings (SSSR count). The van der Waals surface area contributed by atoms with Gasteiger partial charge in [0.2, 0.25) is 0 Å². The van der Waals surface area contributed by atoms with E-state index in [4.69, 9.17) is 0 Å². The summed E-state index contributed by atoms with van der Waals surface area (Å²) in [5.74, 6) is 0. The van der Waals surface area contributed by atoms with Crippen LogP contribution in [0.4, 0.5) is 0 Å². The third-order valence-corrected chi connectivity index (χ3v) is 9.65. The van der Waals surface area contributed by atoms with Gasteiger partial charge >= 0.3 is 75.4 Å². The zero-order chi connectivity index (χ0) is 24.2. The van der Waals surface area contributed by atoms with Crippen molar-refractivity contribution in [2.75, 3.05) is 0 Å². The van der Waals surface area contributed by atoms with E-state index < -0.39 is 0 Å². The number of unbranched alkanes of at least 4 members (excludes halogenated alkanes) is 3. The molecule has 0 bridgehead atoms. The van der Waals surface area contributed by atoms with Crippen molar-refractivity contribution in [2.24, 2.45) is 0 Å². The largest absolute Gasteiger partial charge is 1.00 e. The SMILES string of the molecule is [Li+].[Li+].[Li+].[Li+].[c-]1ccc(-c2ccc(-c3cc[c-]s3)n2CCCCCCn2c(-c3cc[c-]s3)ccc2-c2cc[c-]s2)s1. The molecule has 0 spiro atoms. The van der Waals surface area contributed by atoms with Gasteiger partial charge in [-0.25, -0.2) is 0 Å². The van der Waals surface area contributed by atoms with Gasteiger partial charge in [-0.3, -0.25) is 45.3 Å². The third-order valence-electron chi connectivity index (χ3n) is 6.37. The second-order valence-electron chi connectivity index (χ2n) is 8.60. The number of nitrogens with zero attached hydrogens (tertiary/aromatic N) is 2. The van der Waals surface area contributed by atoms with Crippen molar-refractivity contribution in [1.82, 2.24) is 9.13 Å². The van der Waals surface area contributed by atoms with Crippen molar-refractivity contribution in [1.29, 1.82) is 0 Å². The molecule has 0 saturated carbocycles. The Morgan fingerprint density at radius 2 is 0.675 bits per heavy atom. The summed E-state index contributed by atoms with van der Waals surface area (Å²) >= 11 is 6.76. The first-order valence-electron chi connectivity index (χ1n) is 12.1. The first-order valence-corrected chi connectivity index (χ1v) is 15.4. The number of hydrogen-bond acceptors (Lipinski definition) is 4. The summed E-state index contributed by atoms with van der Waals surface area (Å²) in [4.78, 5) is 5.13. The maximum absolute atomic E-state index is 3.25. The van der Waals surface area contributed by atoms with E-state index in [0.717, 1.165) is 13.1 Å². The maximum atomic E-state index is 3.25. The van der Waals surface area contributed by atoms with Crippen LogP contribution in [0.5, 0.6) is 0 Å². The Hall–Kier alpha value is -0.250. The van der Waals surface area contributed by atoms with Crippen LogP contribution in [0.3, 0.4) is 0 Å². The van der Waals surface area contributed by atoms with Crippen molar-refractivity contribution in [3.05, 3.63) is 94.3 Å². The van der Waals surface area contributed by atoms with Crippen LogP contribution in [0, 0.1) is 21.5 Å². The molecule has 0 aliphatic carbocycles. The maximum Gasteiger partial charge on any atom is 1.00 e. The molecule has 6 aromatic heterocycles. The molecule has 0 aliphatic heterocycles. The number of hydrogen-bond donors (Lipinski definition) is 0. The summed E-state index contributed by atoms with van der Waals surface area (Å²) in [5.41, 5.74) is 5.19. The van der Waals surface area contributed by atoms with Gasteiger partial charge in [-0.2, -0.15) is 48.5 Å². The Bertz CT molecular complexity index is 1270. The fourth-order valence-electron chi connectivity index (χ4n) is 4.69. The monoisotopic (exact) mass is 568 g/mol. The molecule has 10 heteroatoms. The van der Waals surface area contributed by atoms with Crippen LogP contribution in [0.2, 0.25) is 0 Å². The van der Waals surface area contributed by atoms with E-state index in [2.05, 4.69) is 79.2 Å².